The molecule has 0 fully saturated rings. The number of carbonyl (C=O) groups is 1. The maximum absolute atomic E-state index is 14.3. The van der Waals surface area contributed by atoms with E-state index in [1.165, 1.54) is 29.5 Å². The molecule has 3 aromatic heterocycles. The highest BCUT2D eigenvalue weighted by molar-refractivity contribution is 6.08. The van der Waals surface area contributed by atoms with Crippen LogP contribution in [0.1, 0.15) is 33.6 Å². The average molecular weight is 442 g/mol. The van der Waals surface area contributed by atoms with Crippen molar-refractivity contribution < 1.29 is 14.3 Å². The number of aromatic nitrogens is 4. The molecule has 8 heteroatoms. The number of nitrogens with zero attached hydrogens (tertiary/aromatic N) is 2. The molecule has 164 valence electrons. The topological polar surface area (TPSA) is 104 Å². The molecule has 0 unspecified atom stereocenters. The smallest absolute Gasteiger partial charge is 0.353 e. The van der Waals surface area contributed by atoms with E-state index in [1.54, 1.807) is 22.9 Å². The van der Waals surface area contributed by atoms with Gasteiger partial charge in [0.25, 0.3) is 5.56 Å². The second kappa shape index (κ2) is 7.16. The van der Waals surface area contributed by atoms with Crippen LogP contribution in [0.25, 0.3) is 32.9 Å². The molecule has 0 amide bonds. The van der Waals surface area contributed by atoms with Gasteiger partial charge in [0.05, 0.1) is 11.7 Å². The molecular weight excluding hydrogens is 423 g/mol. The van der Waals surface area contributed by atoms with Crippen LogP contribution in [0, 0.1) is 5.82 Å². The number of carboxylic acids is 1. The Balaban J connectivity index is 1.70. The minimum atomic E-state index is -1.15. The quantitative estimate of drug-likeness (QED) is 0.387. The van der Waals surface area contributed by atoms with Gasteiger partial charge in [0, 0.05) is 40.2 Å². The number of aromatic amines is 2. The number of halogens is 1. The number of rotatable bonds is 4. The zero-order valence-corrected chi connectivity index (χ0v) is 17.5. The zero-order chi connectivity index (χ0) is 22.7. The largest absolute Gasteiger partial charge is 0.477 e. The van der Waals surface area contributed by atoms with Gasteiger partial charge in [0.1, 0.15) is 11.5 Å². The molecule has 2 aromatic carbocycles. The normalized spacial score (nSPS) is 13.1. The van der Waals surface area contributed by atoms with Crippen LogP contribution >= 0.6 is 0 Å². The van der Waals surface area contributed by atoms with E-state index in [-0.39, 0.29) is 17.8 Å². The first-order chi connectivity index (χ1) is 16.0. The molecule has 0 spiro atoms. The summed E-state index contributed by atoms with van der Waals surface area (Å²) in [6.45, 7) is 0.120. The average Bonchev–Trinajstić information content (AvgIpc) is 3.50. The summed E-state index contributed by atoms with van der Waals surface area (Å²) in [7, 11) is 0. The van der Waals surface area contributed by atoms with Crippen molar-refractivity contribution in [2.75, 3.05) is 0 Å². The van der Waals surface area contributed by atoms with Crippen LogP contribution < -0.4 is 5.56 Å². The second-order valence-electron chi connectivity index (χ2n) is 8.42. The van der Waals surface area contributed by atoms with Crippen LogP contribution in [0.5, 0.6) is 0 Å². The van der Waals surface area contributed by atoms with E-state index in [2.05, 4.69) is 15.2 Å². The fourth-order valence-corrected chi connectivity index (χ4v) is 5.08. The molecule has 0 saturated carbocycles. The van der Waals surface area contributed by atoms with Crippen LogP contribution in [0.4, 0.5) is 4.39 Å². The summed E-state index contributed by atoms with van der Waals surface area (Å²) in [5, 5.41) is 18.5. The Morgan fingerprint density at radius 2 is 1.97 bits per heavy atom. The van der Waals surface area contributed by atoms with E-state index in [4.69, 9.17) is 0 Å². The number of nitrogens with one attached hydrogen (secondary N) is 2. The third kappa shape index (κ3) is 2.98. The highest BCUT2D eigenvalue weighted by Crippen LogP contribution is 2.38. The third-order valence-corrected chi connectivity index (χ3v) is 6.50. The van der Waals surface area contributed by atoms with Gasteiger partial charge in [0.15, 0.2) is 0 Å². The van der Waals surface area contributed by atoms with Gasteiger partial charge in [0.2, 0.25) is 0 Å². The summed E-state index contributed by atoms with van der Waals surface area (Å²) in [5.41, 5.74) is 4.54. The Bertz CT molecular complexity index is 1640. The van der Waals surface area contributed by atoms with Gasteiger partial charge in [-0.2, -0.15) is 5.10 Å². The second-order valence-corrected chi connectivity index (χ2v) is 8.42. The number of hydrogen-bond donors (Lipinski definition) is 3. The first-order valence-corrected chi connectivity index (χ1v) is 10.7. The molecule has 33 heavy (non-hydrogen) atoms. The van der Waals surface area contributed by atoms with Crippen molar-refractivity contribution >= 4 is 27.8 Å². The van der Waals surface area contributed by atoms with Gasteiger partial charge in [-0.05, 0) is 72.4 Å². The minimum absolute atomic E-state index is 0.00581. The zero-order valence-electron chi connectivity index (χ0n) is 17.5. The first kappa shape index (κ1) is 19.5. The van der Waals surface area contributed by atoms with Gasteiger partial charge in [-0.3, -0.25) is 9.89 Å². The highest BCUT2D eigenvalue weighted by atomic mass is 19.1. The molecule has 3 heterocycles. The maximum Gasteiger partial charge on any atom is 0.353 e. The van der Waals surface area contributed by atoms with E-state index in [9.17, 15) is 19.1 Å². The number of pyridine rings is 1. The molecule has 0 aliphatic heterocycles. The molecule has 0 saturated heterocycles. The van der Waals surface area contributed by atoms with E-state index < -0.39 is 11.8 Å². The number of fused-ring (bicyclic) bond motifs is 3. The number of benzene rings is 2. The number of H-pyrrole nitrogens is 2. The van der Waals surface area contributed by atoms with E-state index in [0.29, 0.717) is 33.1 Å². The summed E-state index contributed by atoms with van der Waals surface area (Å²) in [5.74, 6) is -1.58. The number of aryl methyl sites for hydroxylation is 2. The van der Waals surface area contributed by atoms with Crippen LogP contribution in [0.2, 0.25) is 0 Å². The highest BCUT2D eigenvalue weighted by Gasteiger charge is 2.27. The van der Waals surface area contributed by atoms with Gasteiger partial charge >= 0.3 is 5.97 Å². The Kier molecular flexibility index (Phi) is 4.23. The fraction of sp³-hybridized carbons (Fsp3) is 0.160. The lowest BCUT2D eigenvalue weighted by atomic mass is 10.00. The van der Waals surface area contributed by atoms with Crippen molar-refractivity contribution in [3.8, 4) is 11.1 Å². The number of hydrogen-bond acceptors (Lipinski definition) is 3. The molecule has 0 radical (unpaired) electrons. The molecule has 5 aromatic rings. The molecule has 3 N–H and O–H groups in total. The molecule has 1 aliphatic carbocycles. The predicted octanol–water partition coefficient (Wildman–Crippen LogP) is 4.25. The lowest BCUT2D eigenvalue weighted by Crippen LogP contribution is -2.13. The van der Waals surface area contributed by atoms with Crippen LogP contribution in [0.15, 0.2) is 53.6 Å². The molecule has 0 atom stereocenters. The van der Waals surface area contributed by atoms with Crippen molar-refractivity contribution in [1.29, 1.82) is 0 Å². The van der Waals surface area contributed by atoms with Crippen molar-refractivity contribution in [2.24, 2.45) is 0 Å². The third-order valence-electron chi connectivity index (χ3n) is 6.50. The van der Waals surface area contributed by atoms with E-state index in [1.807, 2.05) is 12.1 Å². The summed E-state index contributed by atoms with van der Waals surface area (Å²) in [4.78, 5) is 27.9. The number of carboxylic acid groups (broad SMARTS) is 1. The van der Waals surface area contributed by atoms with Gasteiger partial charge in [-0.15, -0.1) is 0 Å². The van der Waals surface area contributed by atoms with Gasteiger partial charge in [-0.25, -0.2) is 9.18 Å². The Labute approximate surface area is 186 Å². The summed E-state index contributed by atoms with van der Waals surface area (Å²) >= 11 is 0. The van der Waals surface area contributed by atoms with Crippen molar-refractivity contribution in [2.45, 2.75) is 25.8 Å². The van der Waals surface area contributed by atoms with Gasteiger partial charge in [-0.1, -0.05) is 0 Å². The lowest BCUT2D eigenvalue weighted by molar-refractivity contribution is 0.0687. The summed E-state index contributed by atoms with van der Waals surface area (Å²) in [6, 6.07) is 10.1. The number of aromatic carboxylic acids is 1. The Morgan fingerprint density at radius 1 is 1.15 bits per heavy atom. The molecular formula is C25H19FN4O3. The maximum atomic E-state index is 14.3. The summed E-state index contributed by atoms with van der Waals surface area (Å²) < 4.78 is 16.0. The SMILES string of the molecule is O=C(O)c1c(-c2ccc[nH]c2=O)c2cc3c(cc2n1Cc1cc(F)cc2[nH]ncc12)CCC3. The minimum Gasteiger partial charge on any atom is -0.477 e. The van der Waals surface area contributed by atoms with Gasteiger partial charge < -0.3 is 14.7 Å². The lowest BCUT2D eigenvalue weighted by Gasteiger charge is -2.11. The monoisotopic (exact) mass is 442 g/mol. The van der Waals surface area contributed by atoms with E-state index in [0.717, 1.165) is 24.6 Å². The molecule has 0 bridgehead atoms. The van der Waals surface area contributed by atoms with Crippen molar-refractivity contribution in [3.05, 3.63) is 87.3 Å². The summed E-state index contributed by atoms with van der Waals surface area (Å²) in [6.07, 6.45) is 6.01. The molecule has 1 aliphatic rings. The molecule has 6 rings (SSSR count). The standard InChI is InChI=1S/C25H19FN4O3/c26-16-7-15(19-11-28-29-20(19)10-16)12-30-21-9-14-4-1-3-13(14)8-18(21)22(23(30)25(32)33)17-5-2-6-27-24(17)31/h2,5-11H,1,3-4,12H2,(H,27,31)(H,28,29)(H,32,33). The van der Waals surface area contributed by atoms with Crippen molar-refractivity contribution in [3.63, 3.8) is 0 Å². The predicted molar refractivity (Wildman–Crippen MR) is 122 cm³/mol. The van der Waals surface area contributed by atoms with E-state index >= 15 is 0 Å². The first-order valence-electron chi connectivity index (χ1n) is 10.7. The fourth-order valence-electron chi connectivity index (χ4n) is 5.08. The Morgan fingerprint density at radius 3 is 2.76 bits per heavy atom. The molecule has 7 nitrogen and oxygen atoms in total. The van der Waals surface area contributed by atoms with Crippen molar-refractivity contribution in [1.82, 2.24) is 19.7 Å². The Hall–Kier alpha value is -4.20. The van der Waals surface area contributed by atoms with Crippen LogP contribution in [0.3, 0.4) is 0 Å². The van der Waals surface area contributed by atoms with Crippen LogP contribution in [-0.4, -0.2) is 30.8 Å². The van der Waals surface area contributed by atoms with Crippen LogP contribution in [-0.2, 0) is 19.4 Å².